The zero-order valence-corrected chi connectivity index (χ0v) is 21.5. The molecule has 9 nitrogen and oxygen atoms in total. The number of ether oxygens (including phenoxy) is 1. The van der Waals surface area contributed by atoms with Gasteiger partial charge in [0.15, 0.2) is 0 Å². The molecule has 1 saturated heterocycles. The van der Waals surface area contributed by atoms with Gasteiger partial charge < -0.3 is 15.0 Å². The summed E-state index contributed by atoms with van der Waals surface area (Å²) in [6.45, 7) is 3.62. The maximum absolute atomic E-state index is 14.1. The molecule has 4 aromatic rings. The normalized spacial score (nSPS) is 14.3. The van der Waals surface area contributed by atoms with Crippen molar-refractivity contribution in [3.8, 4) is 11.4 Å². The number of para-hydroxylation sites is 1. The van der Waals surface area contributed by atoms with Crippen molar-refractivity contribution in [2.45, 2.75) is 32.2 Å². The first-order valence-corrected chi connectivity index (χ1v) is 12.7. The monoisotopic (exact) mass is 521 g/mol. The van der Waals surface area contributed by atoms with Crippen LogP contribution in [0, 0.1) is 0 Å². The Morgan fingerprint density at radius 1 is 1.14 bits per heavy atom. The van der Waals surface area contributed by atoms with E-state index < -0.39 is 11.2 Å². The van der Waals surface area contributed by atoms with Gasteiger partial charge in [-0.3, -0.25) is 14.3 Å². The summed E-state index contributed by atoms with van der Waals surface area (Å²) < 4.78 is 8.35. The highest BCUT2D eigenvalue weighted by Crippen LogP contribution is 2.31. The summed E-state index contributed by atoms with van der Waals surface area (Å²) in [6, 6.07) is 11.8. The van der Waals surface area contributed by atoms with Crippen molar-refractivity contribution in [3.63, 3.8) is 0 Å². The van der Waals surface area contributed by atoms with Gasteiger partial charge in [0.1, 0.15) is 11.3 Å². The van der Waals surface area contributed by atoms with E-state index in [9.17, 15) is 14.4 Å². The smallest absolute Gasteiger partial charge is 0.336 e. The minimum absolute atomic E-state index is 0.0965. The van der Waals surface area contributed by atoms with Gasteiger partial charge in [-0.25, -0.2) is 14.2 Å². The lowest BCUT2D eigenvalue weighted by Crippen LogP contribution is -2.47. The fraction of sp³-hybridized carbons (Fsp3) is 0.333. The summed E-state index contributed by atoms with van der Waals surface area (Å²) in [6.07, 6.45) is 3.50. The van der Waals surface area contributed by atoms with Gasteiger partial charge in [-0.2, -0.15) is 0 Å². The van der Waals surface area contributed by atoms with Gasteiger partial charge in [0.25, 0.3) is 5.56 Å². The fourth-order valence-electron chi connectivity index (χ4n) is 5.03. The number of rotatable bonds is 5. The van der Waals surface area contributed by atoms with Crippen molar-refractivity contribution in [1.29, 1.82) is 0 Å². The Morgan fingerprint density at radius 3 is 2.59 bits per heavy atom. The highest BCUT2D eigenvalue weighted by molar-refractivity contribution is 6.30. The number of likely N-dealkylation sites (tertiary alicyclic amines) is 1. The van der Waals surface area contributed by atoms with E-state index in [2.05, 4.69) is 10.3 Å². The lowest BCUT2D eigenvalue weighted by molar-refractivity contribution is 0.171. The molecule has 37 heavy (non-hydrogen) atoms. The van der Waals surface area contributed by atoms with Crippen molar-refractivity contribution >= 4 is 39.4 Å². The van der Waals surface area contributed by atoms with Gasteiger partial charge in [-0.15, -0.1) is 0 Å². The lowest BCUT2D eigenvalue weighted by atomic mass is 10.0. The second-order valence-electron chi connectivity index (χ2n) is 9.10. The van der Waals surface area contributed by atoms with E-state index in [1.165, 1.54) is 6.20 Å². The Morgan fingerprint density at radius 2 is 1.89 bits per heavy atom. The summed E-state index contributed by atoms with van der Waals surface area (Å²) in [7, 11) is 1.56. The third-order valence-corrected chi connectivity index (χ3v) is 7.07. The van der Waals surface area contributed by atoms with Crippen LogP contribution in [0.25, 0.3) is 27.5 Å². The number of aromatic nitrogens is 3. The number of nitrogens with one attached hydrogen (secondary N) is 1. The second-order valence-corrected chi connectivity index (χ2v) is 9.54. The van der Waals surface area contributed by atoms with Crippen LogP contribution in [-0.2, 0) is 0 Å². The highest BCUT2D eigenvalue weighted by atomic mass is 35.5. The van der Waals surface area contributed by atoms with E-state index in [4.69, 9.17) is 16.3 Å². The summed E-state index contributed by atoms with van der Waals surface area (Å²) in [5.74, 6) is 0.555. The molecule has 1 aliphatic heterocycles. The zero-order valence-electron chi connectivity index (χ0n) is 20.7. The first kappa shape index (κ1) is 24.8. The summed E-state index contributed by atoms with van der Waals surface area (Å²) in [4.78, 5) is 46.6. The van der Waals surface area contributed by atoms with Gasteiger partial charge >= 0.3 is 11.7 Å². The number of benzene rings is 2. The van der Waals surface area contributed by atoms with Gasteiger partial charge in [-0.1, -0.05) is 36.7 Å². The Bertz CT molecular complexity index is 1600. The number of nitrogens with zero attached hydrogens (tertiary/aromatic N) is 4. The maximum Gasteiger partial charge on any atom is 0.336 e. The average molecular weight is 522 g/mol. The molecule has 2 aromatic heterocycles. The quantitative estimate of drug-likeness (QED) is 0.398. The number of carbonyl (C=O) groups is 1. The molecule has 2 aromatic carbocycles. The number of halogens is 1. The third kappa shape index (κ3) is 4.44. The molecule has 0 spiro atoms. The predicted molar refractivity (Wildman–Crippen MR) is 144 cm³/mol. The molecular formula is C27H28ClN5O4. The fourth-order valence-corrected chi connectivity index (χ4v) is 5.21. The molecule has 0 radical (unpaired) electrons. The standard InChI is InChI=1S/C27H28ClN5O4/c1-3-12-29-26(35)31-13-10-18(11-14-31)32-24-20-8-5-9-22(37-2)23(20)30-16-21(24)25(34)33(27(32)36)19-7-4-6-17(28)15-19/h4-9,15-16,18H,3,10-14H2,1-2H3,(H,29,35). The molecule has 10 heteroatoms. The van der Waals surface area contributed by atoms with Crippen LogP contribution in [0.2, 0.25) is 5.02 Å². The molecule has 0 unspecified atom stereocenters. The number of carbonyl (C=O) groups excluding carboxylic acids is 1. The lowest BCUT2D eigenvalue weighted by Gasteiger charge is -2.33. The molecule has 192 valence electrons. The summed E-state index contributed by atoms with van der Waals surface area (Å²) in [5.41, 5.74) is 0.560. The van der Waals surface area contributed by atoms with E-state index in [0.29, 0.717) is 70.7 Å². The Balaban J connectivity index is 1.72. The Hall–Kier alpha value is -3.85. The zero-order chi connectivity index (χ0) is 26.1. The van der Waals surface area contributed by atoms with Crippen LogP contribution in [0.1, 0.15) is 32.2 Å². The van der Waals surface area contributed by atoms with Crippen LogP contribution < -0.4 is 21.3 Å². The SMILES string of the molecule is CCCNC(=O)N1CCC(n2c(=O)n(-c3cccc(Cl)c3)c(=O)c3cnc4c(OC)cccc4c32)CC1. The van der Waals surface area contributed by atoms with Gasteiger partial charge in [0, 0.05) is 42.3 Å². The molecule has 0 atom stereocenters. The van der Waals surface area contributed by atoms with Crippen molar-refractivity contribution in [2.75, 3.05) is 26.7 Å². The van der Waals surface area contributed by atoms with E-state index in [1.807, 2.05) is 19.1 Å². The van der Waals surface area contributed by atoms with Crippen LogP contribution in [-0.4, -0.2) is 51.8 Å². The number of hydrogen-bond donors (Lipinski definition) is 1. The van der Waals surface area contributed by atoms with Crippen LogP contribution in [0.4, 0.5) is 4.79 Å². The van der Waals surface area contributed by atoms with Crippen molar-refractivity contribution < 1.29 is 9.53 Å². The number of hydrogen-bond acceptors (Lipinski definition) is 5. The van der Waals surface area contributed by atoms with E-state index in [-0.39, 0.29) is 12.1 Å². The van der Waals surface area contributed by atoms with Gasteiger partial charge in [0.05, 0.1) is 23.7 Å². The number of fused-ring (bicyclic) bond motifs is 3. The average Bonchev–Trinajstić information content (AvgIpc) is 2.91. The summed E-state index contributed by atoms with van der Waals surface area (Å²) >= 11 is 6.21. The van der Waals surface area contributed by atoms with Crippen molar-refractivity contribution in [3.05, 3.63) is 74.5 Å². The highest BCUT2D eigenvalue weighted by Gasteiger charge is 2.28. The molecule has 1 N–H and O–H groups in total. The largest absolute Gasteiger partial charge is 0.494 e. The molecular weight excluding hydrogens is 494 g/mol. The maximum atomic E-state index is 14.1. The molecule has 1 aliphatic rings. The number of amides is 2. The number of urea groups is 1. The van der Waals surface area contributed by atoms with Crippen LogP contribution in [0.3, 0.4) is 0 Å². The molecule has 1 fully saturated rings. The van der Waals surface area contributed by atoms with Crippen molar-refractivity contribution in [1.82, 2.24) is 24.3 Å². The van der Waals surface area contributed by atoms with E-state index in [0.717, 1.165) is 11.0 Å². The molecule has 0 bridgehead atoms. The minimum Gasteiger partial charge on any atom is -0.494 e. The molecule has 5 rings (SSSR count). The second kappa shape index (κ2) is 10.3. The Labute approximate surface area is 218 Å². The summed E-state index contributed by atoms with van der Waals surface area (Å²) in [5, 5.41) is 4.32. The Kier molecular flexibility index (Phi) is 6.88. The first-order chi connectivity index (χ1) is 17.9. The predicted octanol–water partition coefficient (Wildman–Crippen LogP) is 4.12. The van der Waals surface area contributed by atoms with Crippen molar-refractivity contribution in [2.24, 2.45) is 0 Å². The number of methoxy groups -OCH3 is 1. The molecule has 0 aliphatic carbocycles. The molecule has 0 saturated carbocycles. The molecule has 3 heterocycles. The van der Waals surface area contributed by atoms with E-state index >= 15 is 0 Å². The van der Waals surface area contributed by atoms with Crippen LogP contribution >= 0.6 is 11.6 Å². The van der Waals surface area contributed by atoms with Gasteiger partial charge in [0.2, 0.25) is 0 Å². The number of pyridine rings is 1. The molecule has 2 amide bonds. The minimum atomic E-state index is -0.466. The van der Waals surface area contributed by atoms with Gasteiger partial charge in [-0.05, 0) is 43.5 Å². The van der Waals surface area contributed by atoms with E-state index in [1.54, 1.807) is 46.9 Å². The van der Waals surface area contributed by atoms with Crippen LogP contribution in [0.5, 0.6) is 5.75 Å². The number of piperidine rings is 1. The van der Waals surface area contributed by atoms with Crippen LogP contribution in [0.15, 0.2) is 58.3 Å². The first-order valence-electron chi connectivity index (χ1n) is 12.4. The topological polar surface area (TPSA) is 98.5 Å². The third-order valence-electron chi connectivity index (χ3n) is 6.83.